The highest BCUT2D eigenvalue weighted by Gasteiger charge is 2.13. The summed E-state index contributed by atoms with van der Waals surface area (Å²) in [5, 5.41) is 6.75. The first-order valence-electron chi connectivity index (χ1n) is 9.48. The van der Waals surface area contributed by atoms with Crippen molar-refractivity contribution in [3.8, 4) is 11.5 Å². The molecule has 0 bridgehead atoms. The number of guanidine groups is 1. The molecule has 8 heteroatoms. The van der Waals surface area contributed by atoms with Gasteiger partial charge in [-0.15, -0.1) is 24.0 Å². The zero-order valence-corrected chi connectivity index (χ0v) is 18.4. The van der Waals surface area contributed by atoms with Crippen LogP contribution in [0.2, 0.25) is 0 Å². The van der Waals surface area contributed by atoms with Crippen LogP contribution < -0.4 is 20.1 Å². The summed E-state index contributed by atoms with van der Waals surface area (Å²) in [6.45, 7) is 7.12. The maximum Gasteiger partial charge on any atom is 0.231 e. The van der Waals surface area contributed by atoms with Gasteiger partial charge >= 0.3 is 0 Å². The molecule has 2 heterocycles. The summed E-state index contributed by atoms with van der Waals surface area (Å²) in [4.78, 5) is 6.76. The number of unbranched alkanes of at least 4 members (excludes halogenated alkanes) is 1. The number of fused-ring (bicyclic) bond motifs is 1. The molecule has 0 spiro atoms. The minimum atomic E-state index is 0. The van der Waals surface area contributed by atoms with Gasteiger partial charge in [0.1, 0.15) is 0 Å². The van der Waals surface area contributed by atoms with Crippen LogP contribution in [0, 0.1) is 0 Å². The van der Waals surface area contributed by atoms with Crippen LogP contribution in [0.3, 0.4) is 0 Å². The minimum absolute atomic E-state index is 0. The molecular weight excluding hydrogens is 459 g/mol. The molecule has 152 valence electrons. The van der Waals surface area contributed by atoms with Crippen LogP contribution in [-0.4, -0.2) is 70.6 Å². The van der Waals surface area contributed by atoms with Gasteiger partial charge in [-0.2, -0.15) is 0 Å². The van der Waals surface area contributed by atoms with E-state index in [9.17, 15) is 0 Å². The Bertz CT molecular complexity index is 594. The Labute approximate surface area is 178 Å². The highest BCUT2D eigenvalue weighted by atomic mass is 127. The molecule has 0 saturated carbocycles. The van der Waals surface area contributed by atoms with Gasteiger partial charge in [-0.05, 0) is 43.5 Å². The van der Waals surface area contributed by atoms with Crippen molar-refractivity contribution in [1.82, 2.24) is 15.5 Å². The first-order valence-corrected chi connectivity index (χ1v) is 9.48. The number of hydrogen-bond acceptors (Lipinski definition) is 5. The van der Waals surface area contributed by atoms with Crippen molar-refractivity contribution in [3.63, 3.8) is 0 Å². The van der Waals surface area contributed by atoms with Crippen LogP contribution in [0.1, 0.15) is 18.4 Å². The van der Waals surface area contributed by atoms with Gasteiger partial charge in [0.25, 0.3) is 0 Å². The zero-order chi connectivity index (χ0) is 18.0. The molecule has 0 radical (unpaired) electrons. The van der Waals surface area contributed by atoms with Crippen molar-refractivity contribution in [3.05, 3.63) is 23.8 Å². The highest BCUT2D eigenvalue weighted by molar-refractivity contribution is 14.0. The molecule has 1 saturated heterocycles. The fraction of sp³-hybridized carbons (Fsp3) is 0.632. The lowest BCUT2D eigenvalue weighted by molar-refractivity contribution is 0.0372. The van der Waals surface area contributed by atoms with Crippen LogP contribution in [-0.2, 0) is 11.2 Å². The van der Waals surface area contributed by atoms with E-state index in [4.69, 9.17) is 14.2 Å². The van der Waals surface area contributed by atoms with Crippen molar-refractivity contribution in [1.29, 1.82) is 0 Å². The van der Waals surface area contributed by atoms with Crippen molar-refractivity contribution >= 4 is 29.9 Å². The second-order valence-corrected chi connectivity index (χ2v) is 6.52. The molecule has 1 aromatic rings. The van der Waals surface area contributed by atoms with E-state index in [0.717, 1.165) is 76.2 Å². The first kappa shape index (κ1) is 22.0. The molecule has 2 N–H and O–H groups in total. The summed E-state index contributed by atoms with van der Waals surface area (Å²) in [6.07, 6.45) is 3.25. The monoisotopic (exact) mass is 490 g/mol. The van der Waals surface area contributed by atoms with E-state index in [1.54, 1.807) is 0 Å². The average molecular weight is 490 g/mol. The fourth-order valence-electron chi connectivity index (χ4n) is 3.13. The molecule has 0 aliphatic carbocycles. The fourth-order valence-corrected chi connectivity index (χ4v) is 3.13. The molecule has 7 nitrogen and oxygen atoms in total. The molecule has 0 aromatic heterocycles. The summed E-state index contributed by atoms with van der Waals surface area (Å²) in [6, 6.07) is 6.10. The van der Waals surface area contributed by atoms with E-state index in [2.05, 4.69) is 26.6 Å². The first-order chi connectivity index (χ1) is 12.8. The maximum atomic E-state index is 5.42. The molecule has 2 aliphatic heterocycles. The van der Waals surface area contributed by atoms with Gasteiger partial charge in [0.15, 0.2) is 17.5 Å². The molecule has 27 heavy (non-hydrogen) atoms. The lowest BCUT2D eigenvalue weighted by atomic mass is 10.1. The van der Waals surface area contributed by atoms with Gasteiger partial charge in [0.2, 0.25) is 6.79 Å². The summed E-state index contributed by atoms with van der Waals surface area (Å²) in [5.74, 6) is 2.53. The summed E-state index contributed by atoms with van der Waals surface area (Å²) in [5.41, 5.74) is 1.22. The highest BCUT2D eigenvalue weighted by Crippen LogP contribution is 2.32. The van der Waals surface area contributed by atoms with Crippen molar-refractivity contribution in [2.24, 2.45) is 4.99 Å². The van der Waals surface area contributed by atoms with Gasteiger partial charge in [-0.25, -0.2) is 0 Å². The van der Waals surface area contributed by atoms with Crippen LogP contribution in [0.5, 0.6) is 11.5 Å². The Morgan fingerprint density at radius 2 is 1.85 bits per heavy atom. The molecular formula is C19H31IN4O3. The number of ether oxygens (including phenoxy) is 3. The summed E-state index contributed by atoms with van der Waals surface area (Å²) >= 11 is 0. The SMILES string of the molecule is CN=C(NCCCCN1CCOCC1)NCCc1ccc2c(c1)OCO2.I. The number of aliphatic imine (C=N–C) groups is 1. The molecule has 0 amide bonds. The van der Waals surface area contributed by atoms with Gasteiger partial charge in [0.05, 0.1) is 13.2 Å². The standard InChI is InChI=1S/C19H30N4O3.HI/c1-20-19(21-7-2-3-9-23-10-12-24-13-11-23)22-8-6-16-4-5-17-18(14-16)26-15-25-17;/h4-5,14H,2-3,6-13,15H2,1H3,(H2,20,21,22);1H. The lowest BCUT2D eigenvalue weighted by Crippen LogP contribution is -2.39. The van der Waals surface area contributed by atoms with Crippen molar-refractivity contribution in [2.45, 2.75) is 19.3 Å². The second-order valence-electron chi connectivity index (χ2n) is 6.52. The second kappa shape index (κ2) is 12.2. The minimum Gasteiger partial charge on any atom is -0.454 e. The van der Waals surface area contributed by atoms with Gasteiger partial charge < -0.3 is 24.8 Å². The summed E-state index contributed by atoms with van der Waals surface area (Å²) in [7, 11) is 1.81. The van der Waals surface area contributed by atoms with E-state index in [1.165, 1.54) is 12.0 Å². The quantitative estimate of drug-likeness (QED) is 0.251. The molecule has 0 unspecified atom stereocenters. The maximum absolute atomic E-state index is 5.42. The average Bonchev–Trinajstić information content (AvgIpc) is 3.15. The predicted octanol–water partition coefficient (Wildman–Crippen LogP) is 1.85. The Kier molecular flexibility index (Phi) is 10.00. The Balaban J connectivity index is 0.00000261. The molecule has 2 aliphatic rings. The summed E-state index contributed by atoms with van der Waals surface area (Å²) < 4.78 is 16.1. The number of morpholine rings is 1. The number of rotatable bonds is 8. The number of halogens is 1. The molecule has 1 fully saturated rings. The van der Waals surface area contributed by atoms with Crippen LogP contribution in [0.4, 0.5) is 0 Å². The number of benzene rings is 1. The van der Waals surface area contributed by atoms with Crippen LogP contribution in [0.15, 0.2) is 23.2 Å². The van der Waals surface area contributed by atoms with Crippen LogP contribution in [0.25, 0.3) is 0 Å². The zero-order valence-electron chi connectivity index (χ0n) is 16.0. The third-order valence-corrected chi connectivity index (χ3v) is 4.66. The Hall–Kier alpha value is -1.26. The molecule has 1 aromatic carbocycles. The normalized spacial score (nSPS) is 16.7. The lowest BCUT2D eigenvalue weighted by Gasteiger charge is -2.26. The third kappa shape index (κ3) is 7.34. The molecule has 3 rings (SSSR count). The van der Waals surface area contributed by atoms with Crippen molar-refractivity contribution < 1.29 is 14.2 Å². The number of hydrogen-bond donors (Lipinski definition) is 2. The van der Waals surface area contributed by atoms with Gasteiger partial charge in [0, 0.05) is 33.2 Å². The molecule has 0 atom stereocenters. The van der Waals surface area contributed by atoms with Gasteiger partial charge in [-0.3, -0.25) is 9.89 Å². The number of nitrogens with zero attached hydrogens (tertiary/aromatic N) is 2. The van der Waals surface area contributed by atoms with E-state index in [-0.39, 0.29) is 24.0 Å². The van der Waals surface area contributed by atoms with Crippen molar-refractivity contribution in [2.75, 3.05) is 59.8 Å². The van der Waals surface area contributed by atoms with Gasteiger partial charge in [-0.1, -0.05) is 6.07 Å². The largest absolute Gasteiger partial charge is 0.454 e. The van der Waals surface area contributed by atoms with E-state index in [0.29, 0.717) is 6.79 Å². The van der Waals surface area contributed by atoms with E-state index < -0.39 is 0 Å². The Morgan fingerprint density at radius 3 is 2.67 bits per heavy atom. The smallest absolute Gasteiger partial charge is 0.231 e. The Morgan fingerprint density at radius 1 is 1.07 bits per heavy atom. The predicted molar refractivity (Wildman–Crippen MR) is 118 cm³/mol. The van der Waals surface area contributed by atoms with Crippen LogP contribution >= 0.6 is 24.0 Å². The van der Waals surface area contributed by atoms with E-state index in [1.807, 2.05) is 19.2 Å². The number of nitrogens with one attached hydrogen (secondary N) is 2. The third-order valence-electron chi connectivity index (χ3n) is 4.66. The topological polar surface area (TPSA) is 67.4 Å². The van der Waals surface area contributed by atoms with E-state index >= 15 is 0 Å².